The third kappa shape index (κ3) is 6.48. The van der Waals surface area contributed by atoms with Gasteiger partial charge in [0.2, 0.25) is 5.91 Å². The zero-order chi connectivity index (χ0) is 24.0. The largest absolute Gasteiger partial charge is 0.452 e. The molecule has 0 saturated carbocycles. The number of alkyl halides is 3. The predicted octanol–water partition coefficient (Wildman–Crippen LogP) is 3.42. The Labute approximate surface area is 190 Å². The molecule has 1 fully saturated rings. The van der Waals surface area contributed by atoms with E-state index in [2.05, 4.69) is 10.6 Å². The van der Waals surface area contributed by atoms with Crippen LogP contribution in [0.1, 0.15) is 15.9 Å². The molecule has 0 aliphatic carbocycles. The number of carbonyl (C=O) groups excluding carboxylic acids is 4. The van der Waals surface area contributed by atoms with Crippen LogP contribution in [0.5, 0.6) is 0 Å². The SMILES string of the molecule is O=C(COC(=O)c1ccccc1Nc1cccc(C(F)(F)F)c1)NCCN1C(=O)CSC1=O. The first-order valence-corrected chi connectivity index (χ1v) is 10.6. The minimum absolute atomic E-state index is 0.00210. The lowest BCUT2D eigenvalue weighted by molar-refractivity contribution is -0.137. The number of nitrogens with zero attached hydrogens (tertiary/aromatic N) is 1. The number of thioether (sulfide) groups is 1. The Hall–Kier alpha value is -3.54. The average molecular weight is 481 g/mol. The van der Waals surface area contributed by atoms with Crippen LogP contribution in [0.4, 0.5) is 29.3 Å². The van der Waals surface area contributed by atoms with Gasteiger partial charge in [-0.1, -0.05) is 30.0 Å². The Morgan fingerprint density at radius 2 is 1.85 bits per heavy atom. The highest BCUT2D eigenvalue weighted by molar-refractivity contribution is 8.14. The quantitative estimate of drug-likeness (QED) is 0.557. The lowest BCUT2D eigenvalue weighted by Gasteiger charge is -2.14. The molecule has 3 rings (SSSR count). The Kier molecular flexibility index (Phi) is 7.59. The van der Waals surface area contributed by atoms with Gasteiger partial charge in [-0.2, -0.15) is 13.2 Å². The number of para-hydroxylation sites is 1. The molecule has 1 aliphatic heterocycles. The average Bonchev–Trinajstić information content (AvgIpc) is 3.09. The Bertz CT molecular complexity index is 1060. The van der Waals surface area contributed by atoms with E-state index in [1.807, 2.05) is 0 Å². The third-order valence-corrected chi connectivity index (χ3v) is 5.31. The van der Waals surface area contributed by atoms with E-state index in [4.69, 9.17) is 4.74 Å². The molecule has 33 heavy (non-hydrogen) atoms. The van der Waals surface area contributed by atoms with E-state index in [-0.39, 0.29) is 46.9 Å². The fraction of sp³-hybridized carbons (Fsp3) is 0.238. The number of esters is 1. The first-order valence-electron chi connectivity index (χ1n) is 9.59. The topological polar surface area (TPSA) is 105 Å². The van der Waals surface area contributed by atoms with Crippen molar-refractivity contribution in [3.63, 3.8) is 0 Å². The minimum Gasteiger partial charge on any atom is -0.452 e. The summed E-state index contributed by atoms with van der Waals surface area (Å²) in [6.07, 6.45) is -4.52. The van der Waals surface area contributed by atoms with Crippen LogP contribution in [0.15, 0.2) is 48.5 Å². The zero-order valence-electron chi connectivity index (χ0n) is 17.0. The van der Waals surface area contributed by atoms with Crippen LogP contribution in [0.3, 0.4) is 0 Å². The summed E-state index contributed by atoms with van der Waals surface area (Å²) in [5.41, 5.74) is -0.508. The van der Waals surface area contributed by atoms with Crippen molar-refractivity contribution < 1.29 is 37.1 Å². The molecule has 0 unspecified atom stereocenters. The van der Waals surface area contributed by atoms with Gasteiger partial charge in [0.05, 0.1) is 22.6 Å². The Morgan fingerprint density at radius 1 is 1.09 bits per heavy atom. The monoisotopic (exact) mass is 481 g/mol. The number of halogens is 3. The predicted molar refractivity (Wildman–Crippen MR) is 114 cm³/mol. The van der Waals surface area contributed by atoms with Crippen molar-refractivity contribution in [1.82, 2.24) is 10.2 Å². The van der Waals surface area contributed by atoms with Gasteiger partial charge in [0.1, 0.15) is 0 Å². The number of hydrogen-bond acceptors (Lipinski definition) is 7. The molecule has 2 N–H and O–H groups in total. The number of carbonyl (C=O) groups is 4. The van der Waals surface area contributed by atoms with Gasteiger partial charge in [0.25, 0.3) is 11.1 Å². The van der Waals surface area contributed by atoms with Crippen LogP contribution in [-0.4, -0.2) is 53.4 Å². The van der Waals surface area contributed by atoms with E-state index in [0.717, 1.165) is 28.8 Å². The molecule has 1 heterocycles. The van der Waals surface area contributed by atoms with E-state index in [1.54, 1.807) is 6.07 Å². The van der Waals surface area contributed by atoms with Gasteiger partial charge in [-0.25, -0.2) is 4.79 Å². The fourth-order valence-corrected chi connectivity index (χ4v) is 3.61. The summed E-state index contributed by atoms with van der Waals surface area (Å²) in [7, 11) is 0. The number of rotatable bonds is 8. The Morgan fingerprint density at radius 3 is 2.55 bits per heavy atom. The third-order valence-electron chi connectivity index (χ3n) is 4.45. The summed E-state index contributed by atoms with van der Waals surface area (Å²) >= 11 is 0.882. The van der Waals surface area contributed by atoms with E-state index < -0.39 is 30.2 Å². The summed E-state index contributed by atoms with van der Waals surface area (Å²) in [5.74, 6) is -1.77. The summed E-state index contributed by atoms with van der Waals surface area (Å²) in [6.45, 7) is -0.608. The summed E-state index contributed by atoms with van der Waals surface area (Å²) in [5, 5.41) is 4.81. The molecule has 0 aromatic heterocycles. The lowest BCUT2D eigenvalue weighted by atomic mass is 10.1. The molecule has 1 saturated heterocycles. The molecule has 12 heteroatoms. The first kappa shape index (κ1) is 24.1. The molecule has 2 aromatic rings. The molecule has 0 bridgehead atoms. The second-order valence-corrected chi connectivity index (χ2v) is 7.70. The first-order chi connectivity index (χ1) is 15.6. The summed E-state index contributed by atoms with van der Waals surface area (Å²) in [4.78, 5) is 48.4. The fourth-order valence-electron chi connectivity index (χ4n) is 2.86. The maximum atomic E-state index is 12.9. The Balaban J connectivity index is 1.55. The normalized spacial score (nSPS) is 13.7. The van der Waals surface area contributed by atoms with Crippen molar-refractivity contribution in [3.8, 4) is 0 Å². The van der Waals surface area contributed by atoms with Gasteiger partial charge in [-0.05, 0) is 30.3 Å². The number of nitrogens with one attached hydrogen (secondary N) is 2. The lowest BCUT2D eigenvalue weighted by Crippen LogP contribution is -2.38. The second-order valence-electron chi connectivity index (χ2n) is 6.78. The van der Waals surface area contributed by atoms with Crippen LogP contribution in [0.25, 0.3) is 0 Å². The van der Waals surface area contributed by atoms with E-state index >= 15 is 0 Å². The van der Waals surface area contributed by atoms with E-state index in [1.165, 1.54) is 30.3 Å². The molecule has 1 aliphatic rings. The highest BCUT2D eigenvalue weighted by Crippen LogP contribution is 2.32. The smallest absolute Gasteiger partial charge is 0.416 e. The number of imide groups is 1. The van der Waals surface area contributed by atoms with Crippen LogP contribution < -0.4 is 10.6 Å². The zero-order valence-corrected chi connectivity index (χ0v) is 17.8. The van der Waals surface area contributed by atoms with Crippen LogP contribution >= 0.6 is 11.8 Å². The van der Waals surface area contributed by atoms with Crippen molar-refractivity contribution in [2.75, 3.05) is 30.8 Å². The van der Waals surface area contributed by atoms with Crippen molar-refractivity contribution >= 4 is 46.2 Å². The van der Waals surface area contributed by atoms with Crippen molar-refractivity contribution in [3.05, 3.63) is 59.7 Å². The van der Waals surface area contributed by atoms with Gasteiger partial charge in [-0.3, -0.25) is 19.3 Å². The number of benzene rings is 2. The number of anilines is 2. The molecule has 0 radical (unpaired) electrons. The molecular formula is C21H18F3N3O5S. The van der Waals surface area contributed by atoms with Gasteiger partial charge in [0, 0.05) is 18.8 Å². The number of ether oxygens (including phenoxy) is 1. The maximum Gasteiger partial charge on any atom is 0.416 e. The van der Waals surface area contributed by atoms with Crippen molar-refractivity contribution in [1.29, 1.82) is 0 Å². The number of amides is 3. The van der Waals surface area contributed by atoms with Crippen LogP contribution in [-0.2, 0) is 20.5 Å². The van der Waals surface area contributed by atoms with Gasteiger partial charge < -0.3 is 15.4 Å². The highest BCUT2D eigenvalue weighted by Gasteiger charge is 2.31. The van der Waals surface area contributed by atoms with E-state index in [9.17, 15) is 32.3 Å². The molecule has 2 aromatic carbocycles. The molecule has 174 valence electrons. The molecule has 3 amide bonds. The van der Waals surface area contributed by atoms with Gasteiger partial charge >= 0.3 is 12.1 Å². The summed E-state index contributed by atoms with van der Waals surface area (Å²) < 4.78 is 43.8. The van der Waals surface area contributed by atoms with E-state index in [0.29, 0.717) is 0 Å². The molecular weight excluding hydrogens is 463 g/mol. The van der Waals surface area contributed by atoms with Gasteiger partial charge in [-0.15, -0.1) is 0 Å². The molecule has 0 atom stereocenters. The van der Waals surface area contributed by atoms with Crippen molar-refractivity contribution in [2.45, 2.75) is 6.18 Å². The van der Waals surface area contributed by atoms with Crippen molar-refractivity contribution in [2.24, 2.45) is 0 Å². The van der Waals surface area contributed by atoms with Crippen LogP contribution in [0, 0.1) is 0 Å². The van der Waals surface area contributed by atoms with Gasteiger partial charge in [0.15, 0.2) is 6.61 Å². The molecule has 8 nitrogen and oxygen atoms in total. The van der Waals surface area contributed by atoms with Crippen LogP contribution in [0.2, 0.25) is 0 Å². The summed E-state index contributed by atoms with van der Waals surface area (Å²) in [6, 6.07) is 10.5. The molecule has 0 spiro atoms. The highest BCUT2D eigenvalue weighted by atomic mass is 32.2. The second kappa shape index (κ2) is 10.4. The number of hydrogen-bond donors (Lipinski definition) is 2. The maximum absolute atomic E-state index is 12.9. The minimum atomic E-state index is -4.52. The standard InChI is InChI=1S/C21H18F3N3O5S/c22-21(23,24)13-4-3-5-14(10-13)26-16-7-2-1-6-15(16)19(30)32-11-17(28)25-8-9-27-18(29)12-33-20(27)31/h1-7,10,26H,8-9,11-12H2,(H,25,28).